The lowest BCUT2D eigenvalue weighted by Gasteiger charge is -2.02. The highest BCUT2D eigenvalue weighted by Gasteiger charge is 2.10. The van der Waals surface area contributed by atoms with Crippen LogP contribution in [0, 0.1) is 0 Å². The number of hydrogen-bond acceptors (Lipinski definition) is 6. The Kier molecular flexibility index (Phi) is 10.8. The normalized spacial score (nSPS) is 13.7. The molecule has 1 aromatic heterocycles. The summed E-state index contributed by atoms with van der Waals surface area (Å²) < 4.78 is 5.60. The largest absolute Gasteiger partial charge is 0.408 e. The van der Waals surface area contributed by atoms with Crippen LogP contribution in [0.15, 0.2) is 9.41 Å². The molecule has 26 heavy (non-hydrogen) atoms. The number of rotatable bonds is 15. The number of aliphatic imine (C=N–C) groups is 1. The number of anilines is 1. The predicted molar refractivity (Wildman–Crippen MR) is 108 cm³/mol. The average Bonchev–Trinajstić information content (AvgIpc) is 3.31. The maximum absolute atomic E-state index is 5.60. The van der Waals surface area contributed by atoms with Crippen molar-refractivity contribution in [2.45, 2.75) is 96.8 Å². The molecule has 0 saturated carbocycles. The van der Waals surface area contributed by atoms with Crippen LogP contribution in [0.1, 0.15) is 96.3 Å². The predicted octanol–water partition coefficient (Wildman–Crippen LogP) is 5.07. The molecule has 0 fully saturated rings. The zero-order valence-electron chi connectivity index (χ0n) is 16.6. The van der Waals surface area contributed by atoms with Gasteiger partial charge in [-0.15, -0.1) is 5.10 Å². The van der Waals surface area contributed by atoms with E-state index in [1.54, 1.807) is 0 Å². The minimum absolute atomic E-state index is 0.433. The number of hydrogen-bond donors (Lipinski definition) is 2. The summed E-state index contributed by atoms with van der Waals surface area (Å²) >= 11 is 0. The number of aromatic nitrogens is 2. The Morgan fingerprint density at radius 1 is 0.846 bits per heavy atom. The van der Waals surface area contributed by atoms with Gasteiger partial charge in [0.25, 0.3) is 0 Å². The average molecular weight is 364 g/mol. The van der Waals surface area contributed by atoms with Crippen molar-refractivity contribution in [2.75, 3.05) is 18.4 Å². The van der Waals surface area contributed by atoms with Crippen LogP contribution in [0.25, 0.3) is 0 Å². The van der Waals surface area contributed by atoms with Crippen LogP contribution < -0.4 is 10.6 Å². The molecular formula is C20H37N5O. The molecule has 1 aliphatic rings. The van der Waals surface area contributed by atoms with Gasteiger partial charge < -0.3 is 9.73 Å². The molecular weight excluding hydrogens is 326 g/mol. The van der Waals surface area contributed by atoms with Crippen molar-refractivity contribution in [2.24, 2.45) is 4.99 Å². The molecule has 1 aliphatic heterocycles. The van der Waals surface area contributed by atoms with Gasteiger partial charge in [0.05, 0.1) is 6.54 Å². The zero-order chi connectivity index (χ0) is 18.3. The quantitative estimate of drug-likeness (QED) is 0.425. The SMILES string of the molecule is CCCCCCCCCCCCCCCc1nnc(NC2=NCCN2)o1. The van der Waals surface area contributed by atoms with Crippen LogP contribution in [0.5, 0.6) is 0 Å². The highest BCUT2D eigenvalue weighted by atomic mass is 16.4. The van der Waals surface area contributed by atoms with Crippen molar-refractivity contribution >= 4 is 12.0 Å². The molecule has 0 amide bonds. The van der Waals surface area contributed by atoms with Crippen molar-refractivity contribution < 1.29 is 4.42 Å². The Morgan fingerprint density at radius 2 is 1.46 bits per heavy atom. The highest BCUT2D eigenvalue weighted by molar-refractivity contribution is 5.92. The maximum Gasteiger partial charge on any atom is 0.322 e. The fourth-order valence-electron chi connectivity index (χ4n) is 3.28. The summed E-state index contributed by atoms with van der Waals surface area (Å²) in [6, 6.07) is 0.433. The fraction of sp³-hybridized carbons (Fsp3) is 0.850. The molecule has 0 atom stereocenters. The first-order valence-corrected chi connectivity index (χ1v) is 10.8. The van der Waals surface area contributed by atoms with E-state index < -0.39 is 0 Å². The molecule has 6 heteroatoms. The van der Waals surface area contributed by atoms with Gasteiger partial charge in [-0.2, -0.15) is 0 Å². The maximum atomic E-state index is 5.60. The first-order chi connectivity index (χ1) is 12.9. The van der Waals surface area contributed by atoms with E-state index in [9.17, 15) is 0 Å². The second-order valence-corrected chi connectivity index (χ2v) is 7.28. The zero-order valence-corrected chi connectivity index (χ0v) is 16.6. The van der Waals surface area contributed by atoms with Crippen molar-refractivity contribution in [3.63, 3.8) is 0 Å². The van der Waals surface area contributed by atoms with Gasteiger partial charge in [0, 0.05) is 13.0 Å². The van der Waals surface area contributed by atoms with Gasteiger partial charge in [-0.05, 0) is 6.42 Å². The molecule has 0 bridgehead atoms. The Morgan fingerprint density at radius 3 is 2.04 bits per heavy atom. The molecule has 2 heterocycles. The molecule has 0 unspecified atom stereocenters. The lowest BCUT2D eigenvalue weighted by atomic mass is 10.0. The minimum atomic E-state index is 0.433. The van der Waals surface area contributed by atoms with E-state index in [0.29, 0.717) is 11.9 Å². The monoisotopic (exact) mass is 363 g/mol. The second kappa shape index (κ2) is 13.6. The van der Waals surface area contributed by atoms with E-state index in [4.69, 9.17) is 4.42 Å². The summed E-state index contributed by atoms with van der Waals surface area (Å²) in [6.45, 7) is 3.94. The third-order valence-corrected chi connectivity index (χ3v) is 4.86. The van der Waals surface area contributed by atoms with Crippen LogP contribution in [-0.4, -0.2) is 29.2 Å². The lowest BCUT2D eigenvalue weighted by molar-refractivity contribution is 0.486. The standard InChI is InChI=1S/C20H37N5O/c1-2-3-4-5-6-7-8-9-10-11-12-13-14-15-18-24-25-20(26-18)23-19-21-16-17-22-19/h2-17H2,1H3,(H2,21,22,23,25). The Labute approximate surface area is 158 Å². The number of guanidine groups is 1. The summed E-state index contributed by atoms with van der Waals surface area (Å²) in [5.41, 5.74) is 0. The summed E-state index contributed by atoms with van der Waals surface area (Å²) in [6.07, 6.45) is 18.6. The van der Waals surface area contributed by atoms with Gasteiger partial charge >= 0.3 is 6.01 Å². The molecule has 0 radical (unpaired) electrons. The van der Waals surface area contributed by atoms with Crippen LogP contribution in [0.3, 0.4) is 0 Å². The van der Waals surface area contributed by atoms with Crippen molar-refractivity contribution in [1.82, 2.24) is 15.5 Å². The van der Waals surface area contributed by atoms with Crippen molar-refractivity contribution in [3.05, 3.63) is 5.89 Å². The van der Waals surface area contributed by atoms with Crippen molar-refractivity contribution in [1.29, 1.82) is 0 Å². The van der Waals surface area contributed by atoms with Gasteiger partial charge in [0.1, 0.15) is 0 Å². The molecule has 148 valence electrons. The minimum Gasteiger partial charge on any atom is -0.408 e. The highest BCUT2D eigenvalue weighted by Crippen LogP contribution is 2.14. The lowest BCUT2D eigenvalue weighted by Crippen LogP contribution is -2.26. The molecule has 0 saturated heterocycles. The van der Waals surface area contributed by atoms with Crippen LogP contribution >= 0.6 is 0 Å². The van der Waals surface area contributed by atoms with Crippen LogP contribution in [0.2, 0.25) is 0 Å². The second-order valence-electron chi connectivity index (χ2n) is 7.28. The van der Waals surface area contributed by atoms with Gasteiger partial charge in [0.2, 0.25) is 5.89 Å². The van der Waals surface area contributed by atoms with Gasteiger partial charge in [-0.25, -0.2) is 0 Å². The molecule has 2 N–H and O–H groups in total. The molecule has 0 spiro atoms. The van der Waals surface area contributed by atoms with E-state index in [-0.39, 0.29) is 0 Å². The first-order valence-electron chi connectivity index (χ1n) is 10.8. The van der Waals surface area contributed by atoms with E-state index in [1.807, 2.05) is 0 Å². The van der Waals surface area contributed by atoms with Crippen molar-refractivity contribution in [3.8, 4) is 0 Å². The summed E-state index contributed by atoms with van der Waals surface area (Å²) in [5.74, 6) is 1.44. The fourth-order valence-corrected chi connectivity index (χ4v) is 3.28. The molecule has 1 aromatic rings. The summed E-state index contributed by atoms with van der Waals surface area (Å²) in [7, 11) is 0. The topological polar surface area (TPSA) is 75.3 Å². The number of unbranched alkanes of at least 4 members (excludes halogenated alkanes) is 12. The summed E-state index contributed by atoms with van der Waals surface area (Å²) in [4.78, 5) is 4.25. The third-order valence-electron chi connectivity index (χ3n) is 4.86. The van der Waals surface area contributed by atoms with Crippen LogP contribution in [0.4, 0.5) is 6.01 Å². The van der Waals surface area contributed by atoms with E-state index >= 15 is 0 Å². The Balaban J connectivity index is 1.37. The van der Waals surface area contributed by atoms with Gasteiger partial charge in [0.15, 0.2) is 5.96 Å². The van der Waals surface area contributed by atoms with Gasteiger partial charge in [-0.3, -0.25) is 10.3 Å². The third kappa shape index (κ3) is 9.20. The smallest absolute Gasteiger partial charge is 0.322 e. The molecule has 0 aliphatic carbocycles. The van der Waals surface area contributed by atoms with E-state index in [1.165, 1.54) is 77.0 Å². The summed E-state index contributed by atoms with van der Waals surface area (Å²) in [5, 5.41) is 14.2. The Hall–Kier alpha value is -1.59. The molecule has 6 nitrogen and oxygen atoms in total. The van der Waals surface area contributed by atoms with E-state index in [2.05, 4.69) is 32.7 Å². The van der Waals surface area contributed by atoms with E-state index in [0.717, 1.165) is 31.9 Å². The number of nitrogens with one attached hydrogen (secondary N) is 2. The van der Waals surface area contributed by atoms with Crippen LogP contribution in [-0.2, 0) is 6.42 Å². The Bertz CT molecular complexity index is 500. The van der Waals surface area contributed by atoms with Gasteiger partial charge in [-0.1, -0.05) is 89.1 Å². The number of aryl methyl sites for hydroxylation is 1. The first kappa shape index (κ1) is 20.7. The number of nitrogens with zero attached hydrogens (tertiary/aromatic N) is 3. The molecule has 0 aromatic carbocycles. The molecule has 2 rings (SSSR count).